The lowest BCUT2D eigenvalue weighted by Gasteiger charge is -2.18. The topological polar surface area (TPSA) is 12.0 Å². The van der Waals surface area contributed by atoms with Crippen LogP contribution in [0, 0.1) is 18.6 Å². The van der Waals surface area contributed by atoms with Crippen molar-refractivity contribution in [2.75, 3.05) is 7.05 Å². The van der Waals surface area contributed by atoms with Crippen LogP contribution in [0.3, 0.4) is 0 Å². The third-order valence-corrected chi connectivity index (χ3v) is 3.81. The predicted molar refractivity (Wildman–Crippen MR) is 80.7 cm³/mol. The Morgan fingerprint density at radius 3 is 2.50 bits per heavy atom. The average Bonchev–Trinajstić information content (AvgIpc) is 2.41. The molecule has 0 bridgehead atoms. The first-order valence-electron chi connectivity index (χ1n) is 6.38. The third-order valence-electron chi connectivity index (χ3n) is 3.31. The van der Waals surface area contributed by atoms with Crippen LogP contribution < -0.4 is 5.32 Å². The maximum absolute atomic E-state index is 13.9. The van der Waals surface area contributed by atoms with Crippen LogP contribution in [0.5, 0.6) is 0 Å². The van der Waals surface area contributed by atoms with Gasteiger partial charge in [0.2, 0.25) is 0 Å². The van der Waals surface area contributed by atoms with E-state index in [1.165, 1.54) is 12.1 Å². The van der Waals surface area contributed by atoms with Crippen LogP contribution in [-0.2, 0) is 6.42 Å². The van der Waals surface area contributed by atoms with Crippen molar-refractivity contribution in [2.45, 2.75) is 19.4 Å². The molecular formula is C16H16BrF2N. The zero-order valence-corrected chi connectivity index (χ0v) is 13.0. The number of benzene rings is 2. The van der Waals surface area contributed by atoms with E-state index < -0.39 is 0 Å². The summed E-state index contributed by atoms with van der Waals surface area (Å²) in [6.07, 6.45) is 0.399. The molecule has 2 aromatic rings. The quantitative estimate of drug-likeness (QED) is 0.862. The molecule has 4 heteroatoms. The monoisotopic (exact) mass is 339 g/mol. The fourth-order valence-electron chi connectivity index (χ4n) is 2.20. The molecule has 0 aromatic heterocycles. The van der Waals surface area contributed by atoms with Crippen molar-refractivity contribution in [1.82, 2.24) is 5.32 Å². The molecule has 1 N–H and O–H groups in total. The molecule has 0 saturated heterocycles. The van der Waals surface area contributed by atoms with E-state index in [-0.39, 0.29) is 17.7 Å². The summed E-state index contributed by atoms with van der Waals surface area (Å²) < 4.78 is 28.5. The molecule has 0 aliphatic heterocycles. The predicted octanol–water partition coefficient (Wildman–Crippen LogP) is 4.54. The molecule has 0 radical (unpaired) electrons. The summed E-state index contributed by atoms with van der Waals surface area (Å²) in [6.45, 7) is 1.91. The lowest BCUT2D eigenvalue weighted by Crippen LogP contribution is -2.20. The van der Waals surface area contributed by atoms with E-state index in [9.17, 15) is 8.78 Å². The Morgan fingerprint density at radius 1 is 1.10 bits per heavy atom. The Morgan fingerprint density at radius 2 is 1.85 bits per heavy atom. The van der Waals surface area contributed by atoms with Gasteiger partial charge < -0.3 is 5.32 Å². The average molecular weight is 340 g/mol. The van der Waals surface area contributed by atoms with Crippen molar-refractivity contribution in [3.63, 3.8) is 0 Å². The summed E-state index contributed by atoms with van der Waals surface area (Å²) >= 11 is 3.23. The van der Waals surface area contributed by atoms with Crippen molar-refractivity contribution in [1.29, 1.82) is 0 Å². The highest BCUT2D eigenvalue weighted by Gasteiger charge is 2.16. The second-order valence-corrected chi connectivity index (χ2v) is 5.72. The van der Waals surface area contributed by atoms with E-state index in [4.69, 9.17) is 0 Å². The van der Waals surface area contributed by atoms with Crippen molar-refractivity contribution >= 4 is 15.9 Å². The van der Waals surface area contributed by atoms with E-state index in [0.29, 0.717) is 22.0 Å². The molecule has 1 atom stereocenters. The van der Waals surface area contributed by atoms with Crippen LogP contribution >= 0.6 is 15.9 Å². The van der Waals surface area contributed by atoms with Gasteiger partial charge in [-0.05, 0) is 44.2 Å². The van der Waals surface area contributed by atoms with Gasteiger partial charge in [-0.25, -0.2) is 8.78 Å². The number of hydrogen-bond acceptors (Lipinski definition) is 1. The molecule has 1 unspecified atom stereocenters. The molecule has 1 nitrogen and oxygen atoms in total. The Kier molecular flexibility index (Phi) is 4.89. The summed E-state index contributed by atoms with van der Waals surface area (Å²) in [7, 11) is 1.75. The fraction of sp³-hybridized carbons (Fsp3) is 0.250. The van der Waals surface area contributed by atoms with Crippen LogP contribution in [-0.4, -0.2) is 7.05 Å². The number of likely N-dealkylation sites (N-methyl/N-ethyl adjacent to an activating group) is 1. The molecule has 2 rings (SSSR count). The van der Waals surface area contributed by atoms with Crippen LogP contribution in [0.25, 0.3) is 0 Å². The van der Waals surface area contributed by atoms with Gasteiger partial charge in [-0.2, -0.15) is 0 Å². The van der Waals surface area contributed by atoms with E-state index in [1.54, 1.807) is 31.3 Å². The Balaban J connectivity index is 2.31. The van der Waals surface area contributed by atoms with Gasteiger partial charge in [-0.3, -0.25) is 0 Å². The number of nitrogens with one attached hydrogen (secondary N) is 1. The second-order valence-electron chi connectivity index (χ2n) is 4.81. The third kappa shape index (κ3) is 3.44. The highest BCUT2D eigenvalue weighted by atomic mass is 79.9. The molecule has 2 aromatic carbocycles. The Labute approximate surface area is 126 Å². The summed E-state index contributed by atoms with van der Waals surface area (Å²) in [5, 5.41) is 3.06. The Bertz CT molecular complexity index is 613. The van der Waals surface area contributed by atoms with E-state index in [0.717, 1.165) is 5.56 Å². The first kappa shape index (κ1) is 15.1. The molecule has 0 heterocycles. The van der Waals surface area contributed by atoms with Crippen molar-refractivity contribution in [3.8, 4) is 0 Å². The summed E-state index contributed by atoms with van der Waals surface area (Å²) in [6, 6.07) is 9.65. The van der Waals surface area contributed by atoms with E-state index in [2.05, 4.69) is 21.2 Å². The summed E-state index contributed by atoms with van der Waals surface area (Å²) in [4.78, 5) is 0. The zero-order valence-electron chi connectivity index (χ0n) is 11.4. The zero-order chi connectivity index (χ0) is 14.7. The Hall–Kier alpha value is -1.26. The van der Waals surface area contributed by atoms with Crippen LogP contribution in [0.1, 0.15) is 22.7 Å². The molecule has 0 spiro atoms. The molecule has 0 aliphatic rings. The van der Waals surface area contributed by atoms with Gasteiger partial charge in [0.15, 0.2) is 0 Å². The standard InChI is InChI=1S/C16H16BrF2N/c1-10-3-6-14(18)13(7-10)16(20-2)8-11-4-5-12(17)9-15(11)19/h3-7,9,16,20H,8H2,1-2H3. The lowest BCUT2D eigenvalue weighted by atomic mass is 9.97. The molecule has 0 amide bonds. The molecule has 0 saturated carbocycles. The summed E-state index contributed by atoms with van der Waals surface area (Å²) in [5.41, 5.74) is 2.11. The SMILES string of the molecule is CNC(Cc1ccc(Br)cc1F)c1cc(C)ccc1F. The number of halogens is 3. The van der Waals surface area contributed by atoms with Gasteiger partial charge in [0, 0.05) is 16.1 Å². The molecule has 106 valence electrons. The van der Waals surface area contributed by atoms with Crippen molar-refractivity contribution < 1.29 is 8.78 Å². The smallest absolute Gasteiger partial charge is 0.128 e. The molecular weight excluding hydrogens is 324 g/mol. The maximum atomic E-state index is 13.9. The van der Waals surface area contributed by atoms with Gasteiger partial charge in [0.25, 0.3) is 0 Å². The van der Waals surface area contributed by atoms with Gasteiger partial charge in [0.05, 0.1) is 0 Å². The summed E-state index contributed by atoms with van der Waals surface area (Å²) in [5.74, 6) is -0.555. The number of aryl methyl sites for hydroxylation is 1. The van der Waals surface area contributed by atoms with E-state index in [1.807, 2.05) is 6.92 Å². The van der Waals surface area contributed by atoms with Crippen LogP contribution in [0.4, 0.5) is 8.78 Å². The van der Waals surface area contributed by atoms with Gasteiger partial charge in [-0.15, -0.1) is 0 Å². The first-order valence-corrected chi connectivity index (χ1v) is 7.18. The minimum absolute atomic E-state index is 0.259. The van der Waals surface area contributed by atoms with Gasteiger partial charge >= 0.3 is 0 Å². The minimum Gasteiger partial charge on any atom is -0.313 e. The molecule has 20 heavy (non-hydrogen) atoms. The van der Waals surface area contributed by atoms with Crippen molar-refractivity contribution in [2.24, 2.45) is 0 Å². The normalized spacial score (nSPS) is 12.4. The van der Waals surface area contributed by atoms with Crippen LogP contribution in [0.15, 0.2) is 40.9 Å². The number of rotatable bonds is 4. The van der Waals surface area contributed by atoms with Crippen LogP contribution in [0.2, 0.25) is 0 Å². The van der Waals surface area contributed by atoms with E-state index >= 15 is 0 Å². The largest absolute Gasteiger partial charge is 0.313 e. The molecule has 0 fully saturated rings. The maximum Gasteiger partial charge on any atom is 0.128 e. The first-order chi connectivity index (χ1) is 9.51. The highest BCUT2D eigenvalue weighted by Crippen LogP contribution is 2.24. The fourth-order valence-corrected chi connectivity index (χ4v) is 2.54. The second kappa shape index (κ2) is 6.46. The van der Waals surface area contributed by atoms with Crippen molar-refractivity contribution in [3.05, 3.63) is 69.2 Å². The van der Waals surface area contributed by atoms with Gasteiger partial charge in [0.1, 0.15) is 11.6 Å². The number of hydrogen-bond donors (Lipinski definition) is 1. The minimum atomic E-state index is -0.285. The molecule has 0 aliphatic carbocycles. The van der Waals surface area contributed by atoms with Gasteiger partial charge in [-0.1, -0.05) is 39.7 Å². The lowest BCUT2D eigenvalue weighted by molar-refractivity contribution is 0.519. The highest BCUT2D eigenvalue weighted by molar-refractivity contribution is 9.10.